The lowest BCUT2D eigenvalue weighted by Gasteiger charge is -2.19. The van der Waals surface area contributed by atoms with Crippen molar-refractivity contribution in [3.05, 3.63) is 28.2 Å². The van der Waals surface area contributed by atoms with Crippen LogP contribution in [0.2, 0.25) is 10.0 Å². The van der Waals surface area contributed by atoms with Crippen LogP contribution in [-0.2, 0) is 4.79 Å². The molecule has 0 spiro atoms. The number of benzene rings is 1. The van der Waals surface area contributed by atoms with Gasteiger partial charge < -0.3 is 15.2 Å². The summed E-state index contributed by atoms with van der Waals surface area (Å²) in [5.41, 5.74) is 0. The van der Waals surface area contributed by atoms with Gasteiger partial charge in [-0.2, -0.15) is 0 Å². The van der Waals surface area contributed by atoms with E-state index in [2.05, 4.69) is 5.32 Å². The van der Waals surface area contributed by atoms with E-state index in [1.807, 2.05) is 13.8 Å². The molecular weight excluding hydrogens is 301 g/mol. The number of hydrogen-bond donors (Lipinski definition) is 2. The minimum absolute atomic E-state index is 0.0160. The minimum atomic E-state index is -0.129. The maximum absolute atomic E-state index is 11.7. The number of halogens is 2. The molecule has 0 heterocycles. The van der Waals surface area contributed by atoms with Crippen molar-refractivity contribution in [2.24, 2.45) is 5.92 Å². The molecule has 6 heteroatoms. The zero-order valence-corrected chi connectivity index (χ0v) is 13.0. The maximum Gasteiger partial charge on any atom is 0.223 e. The molecule has 0 saturated carbocycles. The van der Waals surface area contributed by atoms with Crippen molar-refractivity contribution in [3.63, 3.8) is 0 Å². The van der Waals surface area contributed by atoms with Crippen molar-refractivity contribution in [2.75, 3.05) is 13.2 Å². The average molecular weight is 320 g/mol. The molecule has 0 fully saturated rings. The average Bonchev–Trinajstić information content (AvgIpc) is 2.42. The summed E-state index contributed by atoms with van der Waals surface area (Å²) in [6.45, 7) is 3.98. The smallest absolute Gasteiger partial charge is 0.223 e. The largest absolute Gasteiger partial charge is 0.491 e. The fraction of sp³-hybridized carbons (Fsp3) is 0.500. The Hall–Kier alpha value is -0.970. The van der Waals surface area contributed by atoms with Gasteiger partial charge in [-0.05, 0) is 25.0 Å². The van der Waals surface area contributed by atoms with Crippen LogP contribution in [0.5, 0.6) is 5.75 Å². The third-order valence-corrected chi connectivity index (χ3v) is 3.83. The molecule has 1 rings (SSSR count). The molecule has 2 atom stereocenters. The normalized spacial score (nSPS) is 13.7. The van der Waals surface area contributed by atoms with Gasteiger partial charge in [-0.15, -0.1) is 0 Å². The third-order valence-electron chi connectivity index (χ3n) is 3.03. The summed E-state index contributed by atoms with van der Waals surface area (Å²) in [7, 11) is 0. The molecular formula is C14H19Cl2NO3. The maximum atomic E-state index is 11.7. The molecule has 0 aliphatic heterocycles. The summed E-state index contributed by atoms with van der Waals surface area (Å²) >= 11 is 11.8. The van der Waals surface area contributed by atoms with E-state index in [1.54, 1.807) is 18.2 Å². The van der Waals surface area contributed by atoms with E-state index in [0.29, 0.717) is 15.8 Å². The van der Waals surface area contributed by atoms with Crippen molar-refractivity contribution >= 4 is 29.1 Å². The first-order valence-corrected chi connectivity index (χ1v) is 7.18. The molecule has 112 valence electrons. The van der Waals surface area contributed by atoms with Gasteiger partial charge in [0.15, 0.2) is 0 Å². The van der Waals surface area contributed by atoms with Gasteiger partial charge in [0.1, 0.15) is 10.8 Å². The molecule has 0 aliphatic rings. The highest BCUT2D eigenvalue weighted by Gasteiger charge is 2.14. The Morgan fingerprint density at radius 2 is 2.10 bits per heavy atom. The molecule has 0 saturated heterocycles. The van der Waals surface area contributed by atoms with Crippen LogP contribution in [0.25, 0.3) is 0 Å². The Balaban J connectivity index is 2.37. The molecule has 0 radical (unpaired) electrons. The van der Waals surface area contributed by atoms with Crippen molar-refractivity contribution in [3.8, 4) is 5.75 Å². The van der Waals surface area contributed by atoms with Crippen LogP contribution < -0.4 is 10.1 Å². The molecule has 0 bridgehead atoms. The Morgan fingerprint density at radius 1 is 1.40 bits per heavy atom. The van der Waals surface area contributed by atoms with Crippen LogP contribution in [0.3, 0.4) is 0 Å². The monoisotopic (exact) mass is 319 g/mol. The summed E-state index contributed by atoms with van der Waals surface area (Å²) in [4.78, 5) is 11.7. The quantitative estimate of drug-likeness (QED) is 0.812. The number of hydrogen-bond acceptors (Lipinski definition) is 3. The fourth-order valence-corrected chi connectivity index (χ4v) is 1.82. The van der Waals surface area contributed by atoms with Gasteiger partial charge in [-0.3, -0.25) is 4.79 Å². The summed E-state index contributed by atoms with van der Waals surface area (Å²) in [5.74, 6) is 0.349. The SMILES string of the molecule is CC(CO)C(C)NC(=O)CCOc1cccc(Cl)c1Cl. The molecule has 0 aromatic heterocycles. The predicted molar refractivity (Wildman–Crippen MR) is 80.4 cm³/mol. The zero-order valence-electron chi connectivity index (χ0n) is 11.5. The summed E-state index contributed by atoms with van der Waals surface area (Å²) < 4.78 is 5.43. The Morgan fingerprint density at radius 3 is 2.75 bits per heavy atom. The number of carbonyl (C=O) groups is 1. The van der Waals surface area contributed by atoms with Crippen molar-refractivity contribution in [1.82, 2.24) is 5.32 Å². The molecule has 20 heavy (non-hydrogen) atoms. The number of ether oxygens (including phenoxy) is 1. The minimum Gasteiger partial charge on any atom is -0.491 e. The second-order valence-corrected chi connectivity index (χ2v) is 5.45. The van der Waals surface area contributed by atoms with Gasteiger partial charge in [-0.25, -0.2) is 0 Å². The highest BCUT2D eigenvalue weighted by molar-refractivity contribution is 6.42. The summed E-state index contributed by atoms with van der Waals surface area (Å²) in [5, 5.41) is 12.6. The van der Waals surface area contributed by atoms with Gasteiger partial charge in [-0.1, -0.05) is 36.2 Å². The third kappa shape index (κ3) is 5.19. The Kier molecular flexibility index (Phi) is 7.13. The molecule has 2 unspecified atom stereocenters. The number of amides is 1. The number of aliphatic hydroxyl groups is 1. The van der Waals surface area contributed by atoms with E-state index >= 15 is 0 Å². The van der Waals surface area contributed by atoms with Crippen LogP contribution in [0, 0.1) is 5.92 Å². The fourth-order valence-electron chi connectivity index (χ4n) is 1.48. The first-order valence-electron chi connectivity index (χ1n) is 6.42. The predicted octanol–water partition coefficient (Wildman–Crippen LogP) is 2.90. The number of aliphatic hydroxyl groups excluding tert-OH is 1. The van der Waals surface area contributed by atoms with E-state index in [0.717, 1.165) is 0 Å². The van der Waals surface area contributed by atoms with Crippen LogP contribution in [-0.4, -0.2) is 30.3 Å². The standard InChI is InChI=1S/C14H19Cl2NO3/c1-9(8-18)10(2)17-13(19)6-7-20-12-5-3-4-11(15)14(12)16/h3-5,9-10,18H,6-8H2,1-2H3,(H,17,19). The van der Waals surface area contributed by atoms with Gasteiger partial charge in [0, 0.05) is 12.6 Å². The molecule has 2 N–H and O–H groups in total. The summed E-state index contributed by atoms with van der Waals surface area (Å²) in [6.07, 6.45) is 0.214. The first kappa shape index (κ1) is 17.1. The lowest BCUT2D eigenvalue weighted by atomic mass is 10.1. The lowest BCUT2D eigenvalue weighted by molar-refractivity contribution is -0.122. The zero-order chi connectivity index (χ0) is 15.1. The van der Waals surface area contributed by atoms with Crippen LogP contribution >= 0.6 is 23.2 Å². The molecule has 0 aliphatic carbocycles. The second kappa shape index (κ2) is 8.35. The van der Waals surface area contributed by atoms with Crippen molar-refractivity contribution in [1.29, 1.82) is 0 Å². The highest BCUT2D eigenvalue weighted by Crippen LogP contribution is 2.31. The van der Waals surface area contributed by atoms with Crippen LogP contribution in [0.4, 0.5) is 0 Å². The van der Waals surface area contributed by atoms with E-state index in [-0.39, 0.29) is 37.5 Å². The van der Waals surface area contributed by atoms with Gasteiger partial charge in [0.2, 0.25) is 5.91 Å². The second-order valence-electron chi connectivity index (χ2n) is 4.67. The van der Waals surface area contributed by atoms with E-state index < -0.39 is 0 Å². The van der Waals surface area contributed by atoms with E-state index in [1.165, 1.54) is 0 Å². The molecule has 1 aromatic rings. The topological polar surface area (TPSA) is 58.6 Å². The first-order chi connectivity index (χ1) is 9.45. The number of nitrogens with one attached hydrogen (secondary N) is 1. The lowest BCUT2D eigenvalue weighted by Crippen LogP contribution is -2.38. The van der Waals surface area contributed by atoms with Gasteiger partial charge >= 0.3 is 0 Å². The van der Waals surface area contributed by atoms with E-state index in [4.69, 9.17) is 33.0 Å². The number of rotatable bonds is 7. The number of carbonyl (C=O) groups excluding carboxylic acids is 1. The highest BCUT2D eigenvalue weighted by atomic mass is 35.5. The summed E-state index contributed by atoms with van der Waals surface area (Å²) in [6, 6.07) is 5.01. The van der Waals surface area contributed by atoms with Gasteiger partial charge in [0.25, 0.3) is 0 Å². The van der Waals surface area contributed by atoms with Crippen molar-refractivity contribution in [2.45, 2.75) is 26.3 Å². The van der Waals surface area contributed by atoms with Gasteiger partial charge in [0.05, 0.1) is 18.1 Å². The molecule has 1 aromatic carbocycles. The Bertz CT molecular complexity index is 454. The van der Waals surface area contributed by atoms with E-state index in [9.17, 15) is 4.79 Å². The Labute approximate surface area is 129 Å². The van der Waals surface area contributed by atoms with Crippen LogP contribution in [0.1, 0.15) is 20.3 Å². The van der Waals surface area contributed by atoms with Crippen molar-refractivity contribution < 1.29 is 14.6 Å². The molecule has 1 amide bonds. The molecule has 4 nitrogen and oxygen atoms in total. The van der Waals surface area contributed by atoms with Crippen LogP contribution in [0.15, 0.2) is 18.2 Å².